The van der Waals surface area contributed by atoms with Gasteiger partial charge >= 0.3 is 0 Å². The van der Waals surface area contributed by atoms with E-state index in [0.29, 0.717) is 11.3 Å². The maximum Gasteiger partial charge on any atom is 0.300 e. The second-order valence-electron chi connectivity index (χ2n) is 6.42. The third-order valence-corrected chi connectivity index (χ3v) is 4.71. The molecular weight excluding hydrogens is 357 g/mol. The summed E-state index contributed by atoms with van der Waals surface area (Å²) in [6, 6.07) is 22.2. The molecule has 1 atom stereocenters. The van der Waals surface area contributed by atoms with Crippen molar-refractivity contribution in [1.29, 1.82) is 0 Å². The highest BCUT2D eigenvalue weighted by atomic mass is 19.1. The first-order valence-electron chi connectivity index (χ1n) is 8.75. The van der Waals surface area contributed by atoms with E-state index in [4.69, 9.17) is 0 Å². The number of aliphatic hydroxyl groups is 1. The van der Waals surface area contributed by atoms with Gasteiger partial charge in [0.05, 0.1) is 11.6 Å². The van der Waals surface area contributed by atoms with E-state index in [0.717, 1.165) is 0 Å². The van der Waals surface area contributed by atoms with Gasteiger partial charge in [0, 0.05) is 11.3 Å². The molecule has 138 valence electrons. The molecule has 28 heavy (non-hydrogen) atoms. The molecule has 1 amide bonds. The number of halogens is 1. The minimum Gasteiger partial charge on any atom is -0.507 e. The summed E-state index contributed by atoms with van der Waals surface area (Å²) >= 11 is 0. The van der Waals surface area contributed by atoms with Gasteiger partial charge in [-0.3, -0.25) is 14.5 Å². The molecule has 4 rings (SSSR count). The summed E-state index contributed by atoms with van der Waals surface area (Å²) in [6.07, 6.45) is 0. The Bertz CT molecular complexity index is 1060. The molecule has 1 unspecified atom stereocenters. The molecule has 1 aliphatic rings. The molecule has 1 fully saturated rings. The SMILES string of the molecule is O=C1C(=O)N(c2ccccc2)C(c2ccccc2)C1=C(O)c1ccc(F)cc1. The molecule has 4 nitrogen and oxygen atoms in total. The van der Waals surface area contributed by atoms with Crippen molar-refractivity contribution < 1.29 is 19.1 Å². The second kappa shape index (κ2) is 7.12. The number of nitrogens with zero attached hydrogens (tertiary/aromatic N) is 1. The Balaban J connectivity index is 1.94. The van der Waals surface area contributed by atoms with Crippen LogP contribution in [0.4, 0.5) is 10.1 Å². The van der Waals surface area contributed by atoms with E-state index in [1.165, 1.54) is 29.2 Å². The number of carbonyl (C=O) groups excluding carboxylic acids is 2. The molecule has 1 N–H and O–H groups in total. The van der Waals surface area contributed by atoms with Crippen molar-refractivity contribution in [3.8, 4) is 0 Å². The third-order valence-electron chi connectivity index (χ3n) is 4.71. The number of rotatable bonds is 3. The van der Waals surface area contributed by atoms with Crippen LogP contribution in [0, 0.1) is 5.82 Å². The fraction of sp³-hybridized carbons (Fsp3) is 0.0435. The maximum absolute atomic E-state index is 13.3. The van der Waals surface area contributed by atoms with Crippen LogP contribution in [0.25, 0.3) is 5.76 Å². The standard InChI is InChI=1S/C23H16FNO3/c24-17-13-11-16(12-14-17)21(26)19-20(15-7-3-1-4-8-15)25(23(28)22(19)27)18-9-5-2-6-10-18/h1-14,20,26H. The van der Waals surface area contributed by atoms with E-state index in [1.54, 1.807) is 48.5 Å². The summed E-state index contributed by atoms with van der Waals surface area (Å²) in [5, 5.41) is 10.9. The number of benzene rings is 3. The molecular formula is C23H16FNO3. The first-order chi connectivity index (χ1) is 13.6. The van der Waals surface area contributed by atoms with Gasteiger partial charge in [-0.2, -0.15) is 0 Å². The summed E-state index contributed by atoms with van der Waals surface area (Å²) in [5.41, 5.74) is 1.49. The van der Waals surface area contributed by atoms with Gasteiger partial charge in [0.25, 0.3) is 11.7 Å². The molecule has 1 aliphatic heterocycles. The Kier molecular flexibility index (Phi) is 4.49. The van der Waals surface area contributed by atoms with Crippen LogP contribution < -0.4 is 4.90 Å². The normalized spacial score (nSPS) is 18.5. The van der Waals surface area contributed by atoms with Crippen LogP contribution in [-0.4, -0.2) is 16.8 Å². The smallest absolute Gasteiger partial charge is 0.300 e. The Morgan fingerprint density at radius 3 is 2.00 bits per heavy atom. The molecule has 3 aromatic carbocycles. The number of para-hydroxylation sites is 1. The number of carbonyl (C=O) groups is 2. The number of aliphatic hydroxyl groups excluding tert-OH is 1. The Morgan fingerprint density at radius 1 is 0.821 bits per heavy atom. The topological polar surface area (TPSA) is 57.6 Å². The second-order valence-corrected chi connectivity index (χ2v) is 6.42. The molecule has 0 radical (unpaired) electrons. The molecule has 0 aromatic heterocycles. The van der Waals surface area contributed by atoms with E-state index in [-0.39, 0.29) is 16.9 Å². The molecule has 5 heteroatoms. The van der Waals surface area contributed by atoms with Crippen LogP contribution in [0.15, 0.2) is 90.5 Å². The number of anilines is 1. The number of ketones is 1. The van der Waals surface area contributed by atoms with Gasteiger partial charge in [-0.15, -0.1) is 0 Å². The number of Topliss-reactive ketones (excluding diaryl/α,β-unsaturated/α-hetero) is 1. The van der Waals surface area contributed by atoms with Crippen LogP contribution in [0.5, 0.6) is 0 Å². The lowest BCUT2D eigenvalue weighted by Gasteiger charge is -2.25. The Morgan fingerprint density at radius 2 is 1.39 bits per heavy atom. The summed E-state index contributed by atoms with van der Waals surface area (Å²) < 4.78 is 13.3. The first kappa shape index (κ1) is 17.7. The predicted molar refractivity (Wildman–Crippen MR) is 104 cm³/mol. The van der Waals surface area contributed by atoms with Crippen molar-refractivity contribution in [3.05, 3.63) is 107 Å². The number of hydrogen-bond donors (Lipinski definition) is 1. The molecule has 0 aliphatic carbocycles. The van der Waals surface area contributed by atoms with Crippen LogP contribution in [0.2, 0.25) is 0 Å². The Labute approximate surface area is 161 Å². The van der Waals surface area contributed by atoms with Gasteiger partial charge in [-0.05, 0) is 42.0 Å². The van der Waals surface area contributed by atoms with Gasteiger partial charge in [0.1, 0.15) is 11.6 Å². The van der Waals surface area contributed by atoms with Gasteiger partial charge in [-0.1, -0.05) is 48.5 Å². The van der Waals surface area contributed by atoms with Gasteiger partial charge in [-0.25, -0.2) is 4.39 Å². The zero-order valence-corrected chi connectivity index (χ0v) is 14.7. The third kappa shape index (κ3) is 2.97. The molecule has 1 saturated heterocycles. The molecule has 0 bridgehead atoms. The van der Waals surface area contributed by atoms with Crippen molar-refractivity contribution in [3.63, 3.8) is 0 Å². The number of amides is 1. The Hall–Kier alpha value is -3.73. The lowest BCUT2D eigenvalue weighted by Crippen LogP contribution is -2.29. The van der Waals surface area contributed by atoms with Crippen LogP contribution >= 0.6 is 0 Å². The van der Waals surface area contributed by atoms with Crippen molar-refractivity contribution in [2.24, 2.45) is 0 Å². The highest BCUT2D eigenvalue weighted by Gasteiger charge is 2.46. The van der Waals surface area contributed by atoms with Crippen molar-refractivity contribution in [1.82, 2.24) is 0 Å². The highest BCUT2D eigenvalue weighted by molar-refractivity contribution is 6.51. The lowest BCUT2D eigenvalue weighted by molar-refractivity contribution is -0.132. The molecule has 0 spiro atoms. The van der Waals surface area contributed by atoms with Gasteiger partial charge in [0.15, 0.2) is 0 Å². The van der Waals surface area contributed by atoms with Crippen LogP contribution in [-0.2, 0) is 9.59 Å². The fourth-order valence-electron chi connectivity index (χ4n) is 3.40. The van der Waals surface area contributed by atoms with E-state index >= 15 is 0 Å². The van der Waals surface area contributed by atoms with Crippen molar-refractivity contribution in [2.45, 2.75) is 6.04 Å². The van der Waals surface area contributed by atoms with Gasteiger partial charge in [0.2, 0.25) is 0 Å². The maximum atomic E-state index is 13.3. The zero-order chi connectivity index (χ0) is 19.7. The molecule has 0 saturated carbocycles. The quantitative estimate of drug-likeness (QED) is 0.419. The van der Waals surface area contributed by atoms with E-state index in [9.17, 15) is 19.1 Å². The predicted octanol–water partition coefficient (Wildman–Crippen LogP) is 4.45. The lowest BCUT2D eigenvalue weighted by atomic mass is 9.95. The molecule has 3 aromatic rings. The van der Waals surface area contributed by atoms with E-state index < -0.39 is 23.5 Å². The van der Waals surface area contributed by atoms with Crippen molar-refractivity contribution in [2.75, 3.05) is 4.90 Å². The summed E-state index contributed by atoms with van der Waals surface area (Å²) in [5.74, 6) is -2.28. The van der Waals surface area contributed by atoms with Crippen LogP contribution in [0.3, 0.4) is 0 Å². The molecule has 1 heterocycles. The first-order valence-corrected chi connectivity index (χ1v) is 8.75. The minimum absolute atomic E-state index is 0.0216. The average molecular weight is 373 g/mol. The zero-order valence-electron chi connectivity index (χ0n) is 14.7. The fourth-order valence-corrected chi connectivity index (χ4v) is 3.40. The number of hydrogen-bond acceptors (Lipinski definition) is 3. The average Bonchev–Trinajstić information content (AvgIpc) is 3.00. The summed E-state index contributed by atoms with van der Waals surface area (Å²) in [7, 11) is 0. The monoisotopic (exact) mass is 373 g/mol. The summed E-state index contributed by atoms with van der Waals surface area (Å²) in [4.78, 5) is 27.1. The van der Waals surface area contributed by atoms with Crippen molar-refractivity contribution >= 4 is 23.1 Å². The summed E-state index contributed by atoms with van der Waals surface area (Å²) in [6.45, 7) is 0. The highest BCUT2D eigenvalue weighted by Crippen LogP contribution is 2.41. The van der Waals surface area contributed by atoms with Gasteiger partial charge < -0.3 is 5.11 Å². The minimum atomic E-state index is -0.784. The van der Waals surface area contributed by atoms with E-state index in [1.807, 2.05) is 12.1 Å². The van der Waals surface area contributed by atoms with E-state index in [2.05, 4.69) is 0 Å². The largest absolute Gasteiger partial charge is 0.507 e. The van der Waals surface area contributed by atoms with Crippen LogP contribution in [0.1, 0.15) is 17.2 Å².